The summed E-state index contributed by atoms with van der Waals surface area (Å²) in [6.45, 7) is 4.21. The van der Waals surface area contributed by atoms with Crippen LogP contribution in [0.25, 0.3) is 10.9 Å². The van der Waals surface area contributed by atoms with Crippen LogP contribution in [-0.2, 0) is 0 Å². The van der Waals surface area contributed by atoms with Gasteiger partial charge in [-0.1, -0.05) is 6.92 Å². The number of benzene rings is 1. The lowest BCUT2D eigenvalue weighted by Gasteiger charge is -2.38. The summed E-state index contributed by atoms with van der Waals surface area (Å²) in [5.41, 5.74) is 1.05. The normalized spacial score (nSPS) is 15.5. The van der Waals surface area contributed by atoms with Gasteiger partial charge in [0.05, 0.1) is 11.1 Å². The van der Waals surface area contributed by atoms with Crippen LogP contribution in [0, 0.1) is 5.92 Å². The van der Waals surface area contributed by atoms with Crippen LogP contribution >= 0.6 is 0 Å². The Balaban J connectivity index is 1.90. The summed E-state index contributed by atoms with van der Waals surface area (Å²) < 4.78 is 0. The number of anilines is 1. The zero-order valence-electron chi connectivity index (χ0n) is 10.7. The third-order valence-corrected chi connectivity index (χ3v) is 3.63. The summed E-state index contributed by atoms with van der Waals surface area (Å²) in [7, 11) is 0. The van der Waals surface area contributed by atoms with E-state index >= 15 is 0 Å². The second kappa shape index (κ2) is 4.50. The second-order valence-corrected chi connectivity index (χ2v) is 4.93. The van der Waals surface area contributed by atoms with E-state index in [9.17, 15) is 4.79 Å². The molecule has 0 radical (unpaired) electrons. The Morgan fingerprint density at radius 1 is 1.47 bits per heavy atom. The van der Waals surface area contributed by atoms with Crippen LogP contribution in [0.1, 0.15) is 23.7 Å². The fourth-order valence-electron chi connectivity index (χ4n) is 2.30. The molecule has 0 saturated carbocycles. The molecular formula is C14H15N3O2. The number of aromatic nitrogens is 2. The molecular weight excluding hydrogens is 242 g/mol. The van der Waals surface area contributed by atoms with Gasteiger partial charge in [-0.15, -0.1) is 0 Å². The molecule has 98 valence electrons. The summed E-state index contributed by atoms with van der Waals surface area (Å²) in [5.74, 6) is 0.550. The lowest BCUT2D eigenvalue weighted by atomic mass is 9.98. The predicted molar refractivity (Wildman–Crippen MR) is 72.5 cm³/mol. The third kappa shape index (κ3) is 2.12. The smallest absolute Gasteiger partial charge is 0.335 e. The highest BCUT2D eigenvalue weighted by Crippen LogP contribution is 2.24. The van der Waals surface area contributed by atoms with E-state index in [2.05, 4.69) is 21.8 Å². The van der Waals surface area contributed by atoms with Crippen molar-refractivity contribution in [3.8, 4) is 0 Å². The molecule has 1 aliphatic rings. The highest BCUT2D eigenvalue weighted by atomic mass is 16.4. The SMILES string of the molecule is CCC1CN(c2ncc3cc(C(=O)O)ccc3n2)C1. The third-order valence-electron chi connectivity index (χ3n) is 3.63. The molecule has 0 unspecified atom stereocenters. The molecule has 1 aliphatic heterocycles. The number of rotatable bonds is 3. The molecule has 1 saturated heterocycles. The molecule has 1 aromatic carbocycles. The Morgan fingerprint density at radius 2 is 2.26 bits per heavy atom. The summed E-state index contributed by atoms with van der Waals surface area (Å²) >= 11 is 0. The molecule has 2 aromatic rings. The van der Waals surface area contributed by atoms with Crippen LogP contribution in [0.4, 0.5) is 5.95 Å². The molecule has 0 bridgehead atoms. The maximum Gasteiger partial charge on any atom is 0.335 e. The Bertz CT molecular complexity index is 636. The molecule has 5 heteroatoms. The molecule has 19 heavy (non-hydrogen) atoms. The first kappa shape index (κ1) is 11.9. The molecule has 0 spiro atoms. The first-order chi connectivity index (χ1) is 9.17. The van der Waals surface area contributed by atoms with Crippen molar-refractivity contribution in [1.82, 2.24) is 9.97 Å². The van der Waals surface area contributed by atoms with Crippen LogP contribution in [0.3, 0.4) is 0 Å². The average molecular weight is 257 g/mol. The van der Waals surface area contributed by atoms with E-state index in [1.165, 1.54) is 6.42 Å². The number of aromatic carboxylic acids is 1. The molecule has 0 aliphatic carbocycles. The van der Waals surface area contributed by atoms with Crippen molar-refractivity contribution in [2.75, 3.05) is 18.0 Å². The van der Waals surface area contributed by atoms with Gasteiger partial charge in [0.15, 0.2) is 0 Å². The number of carbonyl (C=O) groups is 1. The monoisotopic (exact) mass is 257 g/mol. The van der Waals surface area contributed by atoms with E-state index in [4.69, 9.17) is 5.11 Å². The topological polar surface area (TPSA) is 66.3 Å². The van der Waals surface area contributed by atoms with Crippen molar-refractivity contribution >= 4 is 22.8 Å². The van der Waals surface area contributed by atoms with Crippen LogP contribution in [0.2, 0.25) is 0 Å². The molecule has 2 heterocycles. The van der Waals surface area contributed by atoms with Gasteiger partial charge >= 0.3 is 5.97 Å². The number of nitrogens with zero attached hydrogens (tertiary/aromatic N) is 3. The number of carboxylic acids is 1. The highest BCUT2D eigenvalue weighted by molar-refractivity contribution is 5.93. The van der Waals surface area contributed by atoms with Crippen molar-refractivity contribution in [1.29, 1.82) is 0 Å². The Morgan fingerprint density at radius 3 is 2.95 bits per heavy atom. The van der Waals surface area contributed by atoms with Crippen LogP contribution in [0.5, 0.6) is 0 Å². The van der Waals surface area contributed by atoms with E-state index < -0.39 is 5.97 Å². The molecule has 3 rings (SSSR count). The van der Waals surface area contributed by atoms with Crippen molar-refractivity contribution in [3.63, 3.8) is 0 Å². The predicted octanol–water partition coefficient (Wildman–Crippen LogP) is 2.17. The van der Waals surface area contributed by atoms with E-state index in [1.54, 1.807) is 24.4 Å². The Kier molecular flexibility index (Phi) is 2.81. The van der Waals surface area contributed by atoms with Gasteiger partial charge in [0.2, 0.25) is 5.95 Å². The fraction of sp³-hybridized carbons (Fsp3) is 0.357. The molecule has 1 fully saturated rings. The van der Waals surface area contributed by atoms with Crippen molar-refractivity contribution in [2.45, 2.75) is 13.3 Å². The zero-order chi connectivity index (χ0) is 13.4. The number of carboxylic acid groups (broad SMARTS) is 1. The number of fused-ring (bicyclic) bond motifs is 1. The molecule has 1 aromatic heterocycles. The lowest BCUT2D eigenvalue weighted by molar-refractivity contribution is 0.0697. The van der Waals surface area contributed by atoms with Gasteiger partial charge in [0.25, 0.3) is 0 Å². The van der Waals surface area contributed by atoms with Crippen molar-refractivity contribution in [3.05, 3.63) is 30.0 Å². The van der Waals surface area contributed by atoms with Crippen LogP contribution < -0.4 is 4.90 Å². The molecule has 1 N–H and O–H groups in total. The van der Waals surface area contributed by atoms with Crippen molar-refractivity contribution in [2.24, 2.45) is 5.92 Å². The van der Waals surface area contributed by atoms with Gasteiger partial charge in [-0.2, -0.15) is 0 Å². The Hall–Kier alpha value is -2.17. The number of hydrogen-bond acceptors (Lipinski definition) is 4. The summed E-state index contributed by atoms with van der Waals surface area (Å²) in [4.78, 5) is 21.9. The number of hydrogen-bond donors (Lipinski definition) is 1. The van der Waals surface area contributed by atoms with Gasteiger partial charge in [-0.3, -0.25) is 0 Å². The first-order valence-electron chi connectivity index (χ1n) is 6.42. The zero-order valence-corrected chi connectivity index (χ0v) is 10.7. The van der Waals surface area contributed by atoms with Gasteiger partial charge in [-0.05, 0) is 30.5 Å². The summed E-state index contributed by atoms with van der Waals surface area (Å²) in [5, 5.41) is 9.70. The minimum absolute atomic E-state index is 0.263. The molecule has 0 amide bonds. The Labute approximate surface area is 110 Å². The minimum Gasteiger partial charge on any atom is -0.478 e. The highest BCUT2D eigenvalue weighted by Gasteiger charge is 2.27. The molecule has 5 nitrogen and oxygen atoms in total. The second-order valence-electron chi connectivity index (χ2n) is 4.93. The van der Waals surface area contributed by atoms with E-state index in [1.807, 2.05) is 0 Å². The van der Waals surface area contributed by atoms with Crippen molar-refractivity contribution < 1.29 is 9.90 Å². The largest absolute Gasteiger partial charge is 0.478 e. The maximum atomic E-state index is 10.9. The molecule has 0 atom stereocenters. The van der Waals surface area contributed by atoms with Crippen LogP contribution in [0.15, 0.2) is 24.4 Å². The van der Waals surface area contributed by atoms with Gasteiger partial charge < -0.3 is 10.0 Å². The fourth-order valence-corrected chi connectivity index (χ4v) is 2.30. The maximum absolute atomic E-state index is 10.9. The standard InChI is InChI=1S/C14H15N3O2/c1-2-9-7-17(8-9)14-15-6-11-5-10(13(18)19)3-4-12(11)16-14/h3-6,9H,2,7-8H2,1H3,(H,18,19). The van der Waals surface area contributed by atoms with Gasteiger partial charge in [0, 0.05) is 24.7 Å². The van der Waals surface area contributed by atoms with E-state index in [0.717, 1.165) is 35.9 Å². The van der Waals surface area contributed by atoms with E-state index in [-0.39, 0.29) is 5.56 Å². The first-order valence-corrected chi connectivity index (χ1v) is 6.42. The lowest BCUT2D eigenvalue weighted by Crippen LogP contribution is -2.47. The van der Waals surface area contributed by atoms with Gasteiger partial charge in [-0.25, -0.2) is 14.8 Å². The van der Waals surface area contributed by atoms with Gasteiger partial charge in [0.1, 0.15) is 0 Å². The minimum atomic E-state index is -0.931. The van der Waals surface area contributed by atoms with E-state index in [0.29, 0.717) is 0 Å². The van der Waals surface area contributed by atoms with Crippen LogP contribution in [-0.4, -0.2) is 34.1 Å². The summed E-state index contributed by atoms with van der Waals surface area (Å²) in [6, 6.07) is 4.92. The quantitative estimate of drug-likeness (QED) is 0.912. The average Bonchev–Trinajstić information content (AvgIpc) is 2.36. The summed E-state index contributed by atoms with van der Waals surface area (Å²) in [6.07, 6.45) is 2.88.